The molecule has 2 aliphatic heterocycles. The van der Waals surface area contributed by atoms with Gasteiger partial charge >= 0.3 is 6.18 Å². The number of fused-ring (bicyclic) bond motifs is 1. The first kappa shape index (κ1) is 19.4. The molecule has 1 atom stereocenters. The first-order chi connectivity index (χ1) is 13.4. The highest BCUT2D eigenvalue weighted by molar-refractivity contribution is 7.19. The van der Waals surface area contributed by atoms with Gasteiger partial charge < -0.3 is 0 Å². The van der Waals surface area contributed by atoms with E-state index in [0.717, 1.165) is 43.5 Å². The minimum atomic E-state index is -4.36. The van der Waals surface area contributed by atoms with Crippen molar-refractivity contribution >= 4 is 21.6 Å². The average molecular weight is 409 g/mol. The Morgan fingerprint density at radius 2 is 2.00 bits per heavy atom. The minimum Gasteiger partial charge on any atom is -0.298 e. The normalized spacial score (nSPS) is 21.7. The molecule has 4 nitrogen and oxygen atoms in total. The summed E-state index contributed by atoms with van der Waals surface area (Å²) in [5.41, 5.74) is -0.0516. The number of aromatic nitrogens is 1. The highest BCUT2D eigenvalue weighted by atomic mass is 32.1. The molecule has 4 rings (SSSR count). The Morgan fingerprint density at radius 3 is 2.71 bits per heavy atom. The largest absolute Gasteiger partial charge is 0.417 e. The molecule has 28 heavy (non-hydrogen) atoms. The fourth-order valence-corrected chi connectivity index (χ4v) is 5.02. The molecule has 0 radical (unpaired) electrons. The van der Waals surface area contributed by atoms with Gasteiger partial charge in [0.15, 0.2) is 0 Å². The van der Waals surface area contributed by atoms with Crippen molar-refractivity contribution in [3.8, 4) is 0 Å². The number of hydrogen-bond donors (Lipinski definition) is 0. The maximum Gasteiger partial charge on any atom is 0.417 e. The topological polar surface area (TPSA) is 28.6 Å². The molecule has 0 aliphatic carbocycles. The summed E-state index contributed by atoms with van der Waals surface area (Å²) in [5, 5.41) is 1.90. The summed E-state index contributed by atoms with van der Waals surface area (Å²) in [6.45, 7) is 2.68. The van der Waals surface area contributed by atoms with Crippen LogP contribution in [0.3, 0.4) is 0 Å². The summed E-state index contributed by atoms with van der Waals surface area (Å²) in [5.74, 6) is 0.524. The van der Waals surface area contributed by atoms with Gasteiger partial charge in [-0.25, -0.2) is 0 Å². The van der Waals surface area contributed by atoms with Crippen molar-refractivity contribution in [1.82, 2.24) is 14.9 Å². The first-order valence-corrected chi connectivity index (χ1v) is 10.1. The van der Waals surface area contributed by atoms with Gasteiger partial charge in [0.05, 0.1) is 28.9 Å². The molecule has 4 heterocycles. The molecule has 1 unspecified atom stereocenters. The van der Waals surface area contributed by atoms with Gasteiger partial charge in [0.1, 0.15) is 0 Å². The fraction of sp³-hybridized carbons (Fsp3) is 0.450. The molecule has 0 amide bonds. The second-order valence-electron chi connectivity index (χ2n) is 7.19. The number of halogens is 3. The molecule has 0 aromatic carbocycles. The number of likely N-dealkylation sites (tertiary alicyclic amines) is 1. The monoisotopic (exact) mass is 409 g/mol. The molecule has 0 N–H and O–H groups in total. The quantitative estimate of drug-likeness (QED) is 0.722. The van der Waals surface area contributed by atoms with Crippen molar-refractivity contribution in [2.75, 3.05) is 20.2 Å². The van der Waals surface area contributed by atoms with Gasteiger partial charge in [-0.15, -0.1) is 11.3 Å². The molecule has 2 aromatic heterocycles. The second-order valence-corrected chi connectivity index (χ2v) is 8.36. The molecule has 8 heteroatoms. The summed E-state index contributed by atoms with van der Waals surface area (Å²) < 4.78 is 39.2. The van der Waals surface area contributed by atoms with Crippen LogP contribution in [0.4, 0.5) is 13.2 Å². The molecule has 2 aliphatic rings. The molecule has 0 bridgehead atoms. The van der Waals surface area contributed by atoms with Gasteiger partial charge in [-0.05, 0) is 50.1 Å². The van der Waals surface area contributed by atoms with Crippen molar-refractivity contribution < 1.29 is 18.0 Å². The lowest BCUT2D eigenvalue weighted by Crippen LogP contribution is -2.42. The van der Waals surface area contributed by atoms with Crippen LogP contribution >= 0.6 is 11.3 Å². The third-order valence-electron chi connectivity index (χ3n) is 5.40. The van der Waals surface area contributed by atoms with E-state index in [0.29, 0.717) is 16.1 Å². The molecular formula is C20H22F3N3OS. The predicted molar refractivity (Wildman–Crippen MR) is 104 cm³/mol. The van der Waals surface area contributed by atoms with Crippen LogP contribution < -0.4 is 0 Å². The number of nitrogens with zero attached hydrogens (tertiary/aromatic N) is 3. The summed E-state index contributed by atoms with van der Waals surface area (Å²) >= 11 is 1.40. The number of hydrogen-bond acceptors (Lipinski definition) is 5. The maximum atomic E-state index is 12.9. The summed E-state index contributed by atoms with van der Waals surface area (Å²) in [6, 6.07) is 3.37. The van der Waals surface area contributed by atoms with Gasteiger partial charge in [-0.3, -0.25) is 19.8 Å². The standard InChI is InChI=1S/C20H22F3N3OS/c1-27-26-7-3-2-4-18(26)14-5-8-25(9-6-14)13-16-11-17-19(28-16)10-15(12-24-17)20(21,22)23/h2-4,7,10-12,14,18H,5-6,8-9,13H2,1H3. The Morgan fingerprint density at radius 1 is 1.21 bits per heavy atom. The highest BCUT2D eigenvalue weighted by Crippen LogP contribution is 2.34. The van der Waals surface area contributed by atoms with E-state index in [4.69, 9.17) is 4.84 Å². The van der Waals surface area contributed by atoms with Crippen LogP contribution in [-0.4, -0.2) is 41.2 Å². The van der Waals surface area contributed by atoms with E-state index < -0.39 is 11.7 Å². The smallest absolute Gasteiger partial charge is 0.298 e. The zero-order valence-corrected chi connectivity index (χ0v) is 16.3. The van der Waals surface area contributed by atoms with Crippen molar-refractivity contribution in [3.05, 3.63) is 53.2 Å². The third-order valence-corrected chi connectivity index (χ3v) is 6.46. The number of allylic oxidation sites excluding steroid dienone is 2. The molecule has 1 fully saturated rings. The lowest BCUT2D eigenvalue weighted by atomic mass is 9.88. The van der Waals surface area contributed by atoms with Crippen LogP contribution in [-0.2, 0) is 17.6 Å². The van der Waals surface area contributed by atoms with E-state index >= 15 is 0 Å². The van der Waals surface area contributed by atoms with Crippen LogP contribution in [0.2, 0.25) is 0 Å². The Bertz CT molecular complexity index is 884. The maximum absolute atomic E-state index is 12.9. The Kier molecular flexibility index (Phi) is 5.44. The summed E-state index contributed by atoms with van der Waals surface area (Å²) in [6.07, 6.45) is 6.84. The minimum absolute atomic E-state index is 0.256. The number of thiophene rings is 1. The van der Waals surface area contributed by atoms with E-state index in [1.54, 1.807) is 7.11 Å². The lowest BCUT2D eigenvalue weighted by molar-refractivity contribution is -0.137. The Balaban J connectivity index is 1.38. The van der Waals surface area contributed by atoms with Gasteiger partial charge in [-0.2, -0.15) is 13.2 Å². The van der Waals surface area contributed by atoms with Crippen molar-refractivity contribution in [2.45, 2.75) is 31.6 Å². The fourth-order valence-electron chi connectivity index (χ4n) is 3.92. The Labute approximate surface area is 165 Å². The average Bonchev–Trinajstić information content (AvgIpc) is 3.09. The zero-order chi connectivity index (χ0) is 19.7. The molecule has 2 aromatic rings. The van der Waals surface area contributed by atoms with E-state index in [1.807, 2.05) is 23.4 Å². The number of pyridine rings is 1. The van der Waals surface area contributed by atoms with Crippen LogP contribution in [0.1, 0.15) is 23.3 Å². The Hall–Kier alpha value is -1.90. The first-order valence-electron chi connectivity index (χ1n) is 9.29. The van der Waals surface area contributed by atoms with Crippen molar-refractivity contribution in [3.63, 3.8) is 0 Å². The van der Waals surface area contributed by atoms with Gasteiger partial charge in [0, 0.05) is 23.8 Å². The van der Waals surface area contributed by atoms with Crippen LogP contribution in [0, 0.1) is 5.92 Å². The lowest BCUT2D eigenvalue weighted by Gasteiger charge is -2.39. The highest BCUT2D eigenvalue weighted by Gasteiger charge is 2.32. The van der Waals surface area contributed by atoms with Crippen LogP contribution in [0.5, 0.6) is 0 Å². The van der Waals surface area contributed by atoms with Crippen LogP contribution in [0.25, 0.3) is 10.2 Å². The van der Waals surface area contributed by atoms with Gasteiger partial charge in [-0.1, -0.05) is 12.2 Å². The van der Waals surface area contributed by atoms with Crippen molar-refractivity contribution in [2.24, 2.45) is 5.92 Å². The number of piperidine rings is 1. The second kappa shape index (κ2) is 7.85. The van der Waals surface area contributed by atoms with Gasteiger partial charge in [0.2, 0.25) is 0 Å². The van der Waals surface area contributed by atoms with E-state index in [1.165, 1.54) is 17.4 Å². The van der Waals surface area contributed by atoms with Crippen LogP contribution in [0.15, 0.2) is 42.8 Å². The predicted octanol–water partition coefficient (Wildman–Crippen LogP) is 4.84. The third kappa shape index (κ3) is 4.09. The van der Waals surface area contributed by atoms with E-state index in [9.17, 15) is 13.2 Å². The summed E-state index contributed by atoms with van der Waals surface area (Å²) in [7, 11) is 1.69. The van der Waals surface area contributed by atoms with E-state index in [2.05, 4.69) is 22.0 Å². The molecular weight excluding hydrogens is 387 g/mol. The molecule has 0 spiro atoms. The molecule has 1 saturated heterocycles. The molecule has 150 valence electrons. The van der Waals surface area contributed by atoms with Gasteiger partial charge in [0.25, 0.3) is 0 Å². The zero-order valence-electron chi connectivity index (χ0n) is 15.5. The number of hydroxylamine groups is 2. The molecule has 0 saturated carbocycles. The van der Waals surface area contributed by atoms with E-state index in [-0.39, 0.29) is 6.04 Å². The number of rotatable bonds is 4. The number of alkyl halides is 3. The SMILES string of the molecule is CON1C=CC=CC1C1CCN(Cc2cc3ncc(C(F)(F)F)cc3s2)CC1. The summed E-state index contributed by atoms with van der Waals surface area (Å²) in [4.78, 5) is 12.9. The van der Waals surface area contributed by atoms with Crippen molar-refractivity contribution in [1.29, 1.82) is 0 Å².